The lowest BCUT2D eigenvalue weighted by molar-refractivity contribution is -0.149. The molecule has 15 heteroatoms. The van der Waals surface area contributed by atoms with Crippen molar-refractivity contribution in [3.63, 3.8) is 0 Å². The molecule has 1 aromatic carbocycles. The van der Waals surface area contributed by atoms with E-state index in [2.05, 4.69) is 20.0 Å². The maximum Gasteiger partial charge on any atom is 0.459 e. The van der Waals surface area contributed by atoms with Crippen molar-refractivity contribution in [2.45, 2.75) is 58.3 Å². The summed E-state index contributed by atoms with van der Waals surface area (Å²) in [4.78, 5) is 35.0. The number of nitrogens with one attached hydrogen (secondary N) is 2. The van der Waals surface area contributed by atoms with Crippen LogP contribution >= 0.6 is 7.75 Å². The summed E-state index contributed by atoms with van der Waals surface area (Å²) in [6.45, 7) is 6.34. The number of benzene rings is 1. The smallest absolute Gasteiger partial charge is 0.459 e. The van der Waals surface area contributed by atoms with Crippen LogP contribution in [0.2, 0.25) is 0 Å². The second kappa shape index (κ2) is 11.2. The van der Waals surface area contributed by atoms with Crippen molar-refractivity contribution in [3.8, 4) is 5.75 Å². The van der Waals surface area contributed by atoms with Gasteiger partial charge in [-0.2, -0.15) is 10.1 Å². The van der Waals surface area contributed by atoms with Crippen LogP contribution in [0.3, 0.4) is 0 Å². The Kier molecular flexibility index (Phi) is 8.19. The Hall–Kier alpha value is -3.29. The quantitative estimate of drug-likeness (QED) is 0.211. The fourth-order valence-corrected chi connectivity index (χ4v) is 5.42. The van der Waals surface area contributed by atoms with Crippen molar-refractivity contribution in [1.29, 1.82) is 0 Å². The number of nitrogen functional groups attached to an aromatic ring is 1. The fourth-order valence-electron chi connectivity index (χ4n) is 3.92. The first-order valence-electron chi connectivity index (χ1n) is 12.0. The number of nitrogens with zero attached hydrogens (tertiary/aromatic N) is 3. The molecule has 1 saturated heterocycles. The zero-order valence-corrected chi connectivity index (χ0v) is 22.2. The number of rotatable bonds is 10. The van der Waals surface area contributed by atoms with Gasteiger partial charge >= 0.3 is 13.7 Å². The maximum absolute atomic E-state index is 13.7. The van der Waals surface area contributed by atoms with Crippen LogP contribution in [0.25, 0.3) is 11.2 Å². The molecular weight excluding hydrogens is 519 g/mol. The Morgan fingerprint density at radius 2 is 2.03 bits per heavy atom. The number of aliphatic hydroxyl groups is 1. The Morgan fingerprint density at radius 1 is 1.32 bits per heavy atom. The van der Waals surface area contributed by atoms with E-state index < -0.39 is 49.7 Å². The summed E-state index contributed by atoms with van der Waals surface area (Å²) in [7, 11) is -4.13. The van der Waals surface area contributed by atoms with Gasteiger partial charge in [0.1, 0.15) is 17.9 Å². The normalized spacial score (nSPS) is 23.8. The number of fused-ring (bicyclic) bond motifs is 1. The predicted octanol–water partition coefficient (Wildman–Crippen LogP) is 1.73. The maximum atomic E-state index is 13.7. The number of anilines is 1. The Morgan fingerprint density at radius 3 is 2.71 bits per heavy atom. The molecule has 0 saturated carbocycles. The molecule has 0 spiro atoms. The number of ether oxygens (including phenoxy) is 2. The SMILES string of the molecule is CC(C)OC(=O)[C@@H](C)N[P@@](=O)(OC[C@H]1O[C@@H](n2cnc3c(=O)[nH]c(N)nc32)[C@H](O)[C@@H]1C)Oc1ccccc1. The van der Waals surface area contributed by atoms with Crippen LogP contribution in [-0.4, -0.2) is 61.6 Å². The number of aromatic nitrogens is 4. The van der Waals surface area contributed by atoms with Gasteiger partial charge in [0, 0.05) is 5.92 Å². The molecular formula is C23H31N6O8P. The summed E-state index contributed by atoms with van der Waals surface area (Å²) < 4.78 is 37.7. The van der Waals surface area contributed by atoms with Crippen molar-refractivity contribution >= 4 is 30.8 Å². The topological polar surface area (TPSA) is 193 Å². The summed E-state index contributed by atoms with van der Waals surface area (Å²) in [6, 6.07) is 7.32. The van der Waals surface area contributed by atoms with Gasteiger partial charge in [-0.25, -0.2) is 9.55 Å². The molecule has 1 aliphatic heterocycles. The third kappa shape index (κ3) is 6.05. The van der Waals surface area contributed by atoms with Crippen molar-refractivity contribution in [3.05, 3.63) is 47.0 Å². The Bertz CT molecular complexity index is 1380. The lowest BCUT2D eigenvalue weighted by Gasteiger charge is -2.25. The zero-order chi connectivity index (χ0) is 27.6. The number of aliphatic hydroxyl groups excluding tert-OH is 1. The van der Waals surface area contributed by atoms with Crippen molar-refractivity contribution < 1.29 is 33.0 Å². The fraction of sp³-hybridized carbons (Fsp3) is 0.478. The predicted molar refractivity (Wildman–Crippen MR) is 136 cm³/mol. The Balaban J connectivity index is 1.52. The highest BCUT2D eigenvalue weighted by Gasteiger charge is 2.44. The minimum Gasteiger partial charge on any atom is -0.462 e. The number of para-hydroxylation sites is 1. The second-order valence-electron chi connectivity index (χ2n) is 9.22. The van der Waals surface area contributed by atoms with Crippen LogP contribution in [0.5, 0.6) is 5.75 Å². The van der Waals surface area contributed by atoms with Gasteiger partial charge < -0.3 is 24.8 Å². The zero-order valence-electron chi connectivity index (χ0n) is 21.3. The molecule has 0 bridgehead atoms. The largest absolute Gasteiger partial charge is 0.462 e. The minimum absolute atomic E-state index is 0.0367. The summed E-state index contributed by atoms with van der Waals surface area (Å²) >= 11 is 0. The lowest BCUT2D eigenvalue weighted by atomic mass is 10.0. The molecule has 5 N–H and O–H groups in total. The highest BCUT2D eigenvalue weighted by molar-refractivity contribution is 7.52. The molecule has 4 rings (SSSR count). The highest BCUT2D eigenvalue weighted by atomic mass is 31.2. The molecule has 2 aromatic heterocycles. The number of esters is 1. The van der Waals surface area contributed by atoms with E-state index in [1.165, 1.54) is 17.8 Å². The van der Waals surface area contributed by atoms with E-state index in [0.717, 1.165) is 0 Å². The third-order valence-electron chi connectivity index (χ3n) is 5.89. The average Bonchev–Trinajstić information content (AvgIpc) is 3.39. The van der Waals surface area contributed by atoms with Gasteiger partial charge in [0.25, 0.3) is 5.56 Å². The summed E-state index contributed by atoms with van der Waals surface area (Å²) in [5.41, 5.74) is 5.32. The van der Waals surface area contributed by atoms with Gasteiger partial charge in [-0.05, 0) is 32.9 Å². The molecule has 1 fully saturated rings. The number of nitrogens with two attached hydrogens (primary N) is 1. The number of H-pyrrole nitrogens is 1. The second-order valence-corrected chi connectivity index (χ2v) is 10.9. The van der Waals surface area contributed by atoms with E-state index in [0.29, 0.717) is 0 Å². The highest BCUT2D eigenvalue weighted by Crippen LogP contribution is 2.46. The van der Waals surface area contributed by atoms with Crippen LogP contribution in [-0.2, 0) is 23.4 Å². The Labute approximate surface area is 218 Å². The van der Waals surface area contributed by atoms with Crippen molar-refractivity contribution in [1.82, 2.24) is 24.6 Å². The van der Waals surface area contributed by atoms with Crippen LogP contribution < -0.4 is 20.9 Å². The molecule has 0 unspecified atom stereocenters. The summed E-state index contributed by atoms with van der Waals surface area (Å²) in [5.74, 6) is -0.981. The number of aromatic amines is 1. The molecule has 38 heavy (non-hydrogen) atoms. The van der Waals surface area contributed by atoms with Crippen LogP contribution in [0, 0.1) is 5.92 Å². The number of imidazole rings is 1. The standard InChI is InChI=1S/C23H31N6O8P/c1-12(2)35-22(32)14(4)28-38(33,37-15-8-6-5-7-9-15)34-10-16-13(3)18(30)21(36-16)29-11-25-17-19(29)26-23(24)27-20(17)31/h5-9,11-14,16,18,21,30H,10H2,1-4H3,(H,28,33)(H3,24,26,27,31)/t13-,14-,16-,18-,21-,38-/m1/s1. The van der Waals surface area contributed by atoms with E-state index in [-0.39, 0.29) is 35.6 Å². The van der Waals surface area contributed by atoms with Gasteiger partial charge in [-0.1, -0.05) is 25.1 Å². The summed E-state index contributed by atoms with van der Waals surface area (Å²) in [6.07, 6.45) is -1.82. The first-order chi connectivity index (χ1) is 18.0. The number of hydrogen-bond donors (Lipinski definition) is 4. The van der Waals surface area contributed by atoms with E-state index in [9.17, 15) is 19.3 Å². The monoisotopic (exact) mass is 550 g/mol. The molecule has 0 aliphatic carbocycles. The summed E-state index contributed by atoms with van der Waals surface area (Å²) in [5, 5.41) is 13.5. The van der Waals surface area contributed by atoms with E-state index >= 15 is 0 Å². The van der Waals surface area contributed by atoms with Gasteiger partial charge in [-0.15, -0.1) is 0 Å². The molecule has 14 nitrogen and oxygen atoms in total. The minimum atomic E-state index is -4.13. The average molecular weight is 551 g/mol. The van der Waals surface area contributed by atoms with Gasteiger partial charge in [-0.3, -0.25) is 23.7 Å². The number of hydrogen-bond acceptors (Lipinski definition) is 11. The van der Waals surface area contributed by atoms with E-state index in [1.54, 1.807) is 51.1 Å². The molecule has 3 aromatic rings. The van der Waals surface area contributed by atoms with Gasteiger partial charge in [0.15, 0.2) is 17.4 Å². The molecule has 1 aliphatic rings. The van der Waals surface area contributed by atoms with Gasteiger partial charge in [0.05, 0.1) is 25.1 Å². The molecule has 0 amide bonds. The van der Waals surface area contributed by atoms with Crippen LogP contribution in [0.1, 0.15) is 33.9 Å². The number of carbonyl (C=O) groups is 1. The molecule has 6 atom stereocenters. The first-order valence-corrected chi connectivity index (χ1v) is 13.5. The van der Waals surface area contributed by atoms with Crippen molar-refractivity contribution in [2.24, 2.45) is 5.92 Å². The number of carbonyl (C=O) groups excluding carboxylic acids is 1. The molecule has 3 heterocycles. The van der Waals surface area contributed by atoms with Gasteiger partial charge in [0.2, 0.25) is 5.95 Å². The van der Waals surface area contributed by atoms with Crippen molar-refractivity contribution in [2.75, 3.05) is 12.3 Å². The molecule has 0 radical (unpaired) electrons. The van der Waals surface area contributed by atoms with Crippen LogP contribution in [0.15, 0.2) is 41.5 Å². The van der Waals surface area contributed by atoms with E-state index in [4.69, 9.17) is 24.3 Å². The van der Waals surface area contributed by atoms with E-state index in [1.807, 2.05) is 0 Å². The van der Waals surface area contributed by atoms with Crippen LogP contribution in [0.4, 0.5) is 5.95 Å². The lowest BCUT2D eigenvalue weighted by Crippen LogP contribution is -2.37. The third-order valence-corrected chi connectivity index (χ3v) is 7.53. The first kappa shape index (κ1) is 27.7. The molecule has 206 valence electrons.